The molecule has 1 aromatic carbocycles. The number of hydrogen-bond donors (Lipinski definition) is 2. The monoisotopic (exact) mass is 309 g/mol. The largest absolute Gasteiger partial charge is 0.368 e. The summed E-state index contributed by atoms with van der Waals surface area (Å²) in [6, 6.07) is 4.45. The van der Waals surface area contributed by atoms with Gasteiger partial charge < -0.3 is 11.1 Å². The van der Waals surface area contributed by atoms with Gasteiger partial charge in [0.05, 0.1) is 4.90 Å². The molecular weight excluding hydrogens is 290 g/mol. The molecule has 0 bridgehead atoms. The van der Waals surface area contributed by atoms with Crippen molar-refractivity contribution in [3.05, 3.63) is 29.3 Å². The minimum Gasteiger partial charge on any atom is -0.368 e. The van der Waals surface area contributed by atoms with Crippen LogP contribution in [0.15, 0.2) is 23.1 Å². The highest BCUT2D eigenvalue weighted by Gasteiger charge is 2.36. The molecule has 6 nitrogen and oxygen atoms in total. The molecule has 3 N–H and O–H groups in total. The zero-order valence-electron chi connectivity index (χ0n) is 11.7. The third-order valence-corrected chi connectivity index (χ3v) is 6.10. The first-order valence-corrected chi connectivity index (χ1v) is 8.58. The van der Waals surface area contributed by atoms with Crippen LogP contribution in [0.5, 0.6) is 0 Å². The Morgan fingerprint density at radius 3 is 2.81 bits per heavy atom. The Hall–Kier alpha value is -1.44. The lowest BCUT2D eigenvalue weighted by Crippen LogP contribution is -2.58. The van der Waals surface area contributed by atoms with E-state index in [2.05, 4.69) is 5.32 Å². The standard InChI is InChI=1S/C14H19N3O3S/c15-14(18)13-9-16-6-7-17(13)21(19,20)12-5-4-10-2-1-3-11(10)8-12/h4-5,8,13,16H,1-3,6-7,9H2,(H2,15,18). The molecule has 1 heterocycles. The molecule has 1 fully saturated rings. The number of sulfonamides is 1. The number of aryl methyl sites for hydroxylation is 2. The van der Waals surface area contributed by atoms with Crippen molar-refractivity contribution in [1.29, 1.82) is 0 Å². The lowest BCUT2D eigenvalue weighted by atomic mass is 10.1. The topological polar surface area (TPSA) is 92.5 Å². The third-order valence-electron chi connectivity index (χ3n) is 4.20. The second-order valence-electron chi connectivity index (χ2n) is 5.52. The van der Waals surface area contributed by atoms with Gasteiger partial charge in [-0.15, -0.1) is 0 Å². The number of primary amides is 1. The summed E-state index contributed by atoms with van der Waals surface area (Å²) in [4.78, 5) is 11.8. The molecule has 0 spiro atoms. The van der Waals surface area contributed by atoms with Crippen LogP contribution in [0.25, 0.3) is 0 Å². The molecule has 0 aromatic heterocycles. The van der Waals surface area contributed by atoms with Crippen LogP contribution in [0.1, 0.15) is 17.5 Å². The van der Waals surface area contributed by atoms with E-state index in [1.807, 2.05) is 6.07 Å². The van der Waals surface area contributed by atoms with E-state index >= 15 is 0 Å². The fourth-order valence-electron chi connectivity index (χ4n) is 3.06. The molecule has 1 amide bonds. The van der Waals surface area contributed by atoms with Crippen LogP contribution < -0.4 is 11.1 Å². The molecule has 1 aliphatic heterocycles. The van der Waals surface area contributed by atoms with Gasteiger partial charge in [-0.2, -0.15) is 4.31 Å². The molecule has 1 unspecified atom stereocenters. The molecule has 7 heteroatoms. The number of rotatable bonds is 3. The van der Waals surface area contributed by atoms with Crippen LogP contribution >= 0.6 is 0 Å². The number of benzene rings is 1. The summed E-state index contributed by atoms with van der Waals surface area (Å²) in [7, 11) is -3.69. The second kappa shape index (κ2) is 5.40. The molecule has 1 saturated heterocycles. The van der Waals surface area contributed by atoms with E-state index in [4.69, 9.17) is 5.73 Å². The number of nitrogens with one attached hydrogen (secondary N) is 1. The molecule has 0 radical (unpaired) electrons. The van der Waals surface area contributed by atoms with E-state index in [0.717, 1.165) is 24.8 Å². The number of piperazine rings is 1. The van der Waals surface area contributed by atoms with Crippen molar-refractivity contribution < 1.29 is 13.2 Å². The summed E-state index contributed by atoms with van der Waals surface area (Å²) in [6.45, 7) is 1.04. The average molecular weight is 309 g/mol. The Balaban J connectivity index is 1.97. The first-order chi connectivity index (χ1) is 10.00. The summed E-state index contributed by atoms with van der Waals surface area (Å²) in [5.41, 5.74) is 7.66. The zero-order valence-corrected chi connectivity index (χ0v) is 12.5. The predicted molar refractivity (Wildman–Crippen MR) is 78.2 cm³/mol. The average Bonchev–Trinajstić information content (AvgIpc) is 2.94. The van der Waals surface area contributed by atoms with Gasteiger partial charge >= 0.3 is 0 Å². The van der Waals surface area contributed by atoms with Crippen LogP contribution in [-0.4, -0.2) is 44.3 Å². The molecule has 0 saturated carbocycles. The molecule has 21 heavy (non-hydrogen) atoms. The maximum atomic E-state index is 12.8. The normalized spacial score (nSPS) is 23.0. The van der Waals surface area contributed by atoms with Crippen molar-refractivity contribution in [2.75, 3.05) is 19.6 Å². The first kappa shape index (κ1) is 14.5. The third kappa shape index (κ3) is 2.56. The maximum absolute atomic E-state index is 12.8. The second-order valence-corrected chi connectivity index (χ2v) is 7.41. The van der Waals surface area contributed by atoms with Crippen molar-refractivity contribution in [2.45, 2.75) is 30.2 Å². The number of carbonyl (C=O) groups excluding carboxylic acids is 1. The summed E-state index contributed by atoms with van der Waals surface area (Å²) in [6.07, 6.45) is 2.99. The van der Waals surface area contributed by atoms with Gasteiger partial charge in [-0.25, -0.2) is 8.42 Å². The van der Waals surface area contributed by atoms with Gasteiger partial charge in [0.1, 0.15) is 6.04 Å². The highest BCUT2D eigenvalue weighted by atomic mass is 32.2. The van der Waals surface area contributed by atoms with E-state index in [1.54, 1.807) is 12.1 Å². The van der Waals surface area contributed by atoms with E-state index in [-0.39, 0.29) is 18.0 Å². The number of amides is 1. The van der Waals surface area contributed by atoms with Crippen molar-refractivity contribution in [1.82, 2.24) is 9.62 Å². The molecule has 1 atom stereocenters. The minimum absolute atomic E-state index is 0.257. The van der Waals surface area contributed by atoms with Crippen molar-refractivity contribution in [3.63, 3.8) is 0 Å². The van der Waals surface area contributed by atoms with Crippen LogP contribution in [-0.2, 0) is 27.7 Å². The molecule has 3 rings (SSSR count). The lowest BCUT2D eigenvalue weighted by molar-refractivity contribution is -0.122. The molecule has 1 aromatic rings. The van der Waals surface area contributed by atoms with Gasteiger partial charge in [-0.3, -0.25) is 4.79 Å². The van der Waals surface area contributed by atoms with Crippen LogP contribution in [0.4, 0.5) is 0 Å². The zero-order chi connectivity index (χ0) is 15.0. The Morgan fingerprint density at radius 1 is 1.29 bits per heavy atom. The highest BCUT2D eigenvalue weighted by molar-refractivity contribution is 7.89. The van der Waals surface area contributed by atoms with Gasteiger partial charge in [-0.1, -0.05) is 6.07 Å². The van der Waals surface area contributed by atoms with Gasteiger partial charge in [0.15, 0.2) is 0 Å². The quantitative estimate of drug-likeness (QED) is 0.796. The van der Waals surface area contributed by atoms with Gasteiger partial charge in [0.25, 0.3) is 0 Å². The first-order valence-electron chi connectivity index (χ1n) is 7.14. The molecule has 1 aliphatic carbocycles. The maximum Gasteiger partial charge on any atom is 0.243 e. The fraction of sp³-hybridized carbons (Fsp3) is 0.500. The fourth-order valence-corrected chi connectivity index (χ4v) is 4.71. The predicted octanol–water partition coefficient (Wildman–Crippen LogP) is -0.377. The number of hydrogen-bond acceptors (Lipinski definition) is 4. The molecule has 114 valence electrons. The minimum atomic E-state index is -3.69. The summed E-state index contributed by atoms with van der Waals surface area (Å²) >= 11 is 0. The molecule has 2 aliphatic rings. The van der Waals surface area contributed by atoms with Crippen molar-refractivity contribution >= 4 is 15.9 Å². The van der Waals surface area contributed by atoms with E-state index < -0.39 is 22.0 Å². The van der Waals surface area contributed by atoms with Crippen LogP contribution in [0.3, 0.4) is 0 Å². The van der Waals surface area contributed by atoms with E-state index in [1.165, 1.54) is 9.87 Å². The lowest BCUT2D eigenvalue weighted by Gasteiger charge is -2.33. The Morgan fingerprint density at radius 2 is 2.05 bits per heavy atom. The summed E-state index contributed by atoms with van der Waals surface area (Å²) < 4.78 is 26.8. The number of fused-ring (bicyclic) bond motifs is 1. The Kier molecular flexibility index (Phi) is 3.73. The number of nitrogens with zero attached hydrogens (tertiary/aromatic N) is 1. The van der Waals surface area contributed by atoms with Crippen molar-refractivity contribution in [3.8, 4) is 0 Å². The summed E-state index contributed by atoms with van der Waals surface area (Å²) in [5, 5.41) is 3.00. The Bertz CT molecular complexity index is 672. The van der Waals surface area contributed by atoms with Crippen LogP contribution in [0, 0.1) is 0 Å². The summed E-state index contributed by atoms with van der Waals surface area (Å²) in [5.74, 6) is -0.619. The van der Waals surface area contributed by atoms with E-state index in [9.17, 15) is 13.2 Å². The van der Waals surface area contributed by atoms with Crippen molar-refractivity contribution in [2.24, 2.45) is 5.73 Å². The van der Waals surface area contributed by atoms with E-state index in [0.29, 0.717) is 6.54 Å². The van der Waals surface area contributed by atoms with Crippen LogP contribution in [0.2, 0.25) is 0 Å². The van der Waals surface area contributed by atoms with Gasteiger partial charge in [-0.05, 0) is 42.5 Å². The number of nitrogens with two attached hydrogens (primary N) is 1. The van der Waals surface area contributed by atoms with Gasteiger partial charge in [0.2, 0.25) is 15.9 Å². The van der Waals surface area contributed by atoms with Gasteiger partial charge in [0, 0.05) is 19.6 Å². The highest BCUT2D eigenvalue weighted by Crippen LogP contribution is 2.27. The SMILES string of the molecule is NC(=O)C1CNCCN1S(=O)(=O)c1ccc2c(c1)CCC2. The smallest absolute Gasteiger partial charge is 0.243 e. The Labute approximate surface area is 124 Å². The molecular formula is C14H19N3O3S. The number of carbonyl (C=O) groups is 1.